The van der Waals surface area contributed by atoms with Crippen molar-refractivity contribution in [2.45, 2.75) is 26.4 Å². The predicted molar refractivity (Wildman–Crippen MR) is 70.0 cm³/mol. The molecule has 1 aromatic rings. The van der Waals surface area contributed by atoms with Crippen molar-refractivity contribution < 1.29 is 25.3 Å². The Morgan fingerprint density at radius 3 is 2.67 bits per heavy atom. The summed E-state index contributed by atoms with van der Waals surface area (Å²) in [6.07, 6.45) is 0.828. The Kier molecular flexibility index (Phi) is 7.65. The first-order valence-corrected chi connectivity index (χ1v) is 6.70. The van der Waals surface area contributed by atoms with Gasteiger partial charge in [-0.3, -0.25) is 0 Å². The SMILES string of the molecule is CCC#CC(C)OCCO[C](=[Cr])c1ccccc1. The van der Waals surface area contributed by atoms with Gasteiger partial charge >= 0.3 is 117 Å². The second-order valence-corrected chi connectivity index (χ2v) is 4.27. The number of ether oxygens (including phenoxy) is 2. The van der Waals surface area contributed by atoms with Gasteiger partial charge in [-0.05, 0) is 0 Å². The number of hydrogen-bond donors (Lipinski definition) is 0. The van der Waals surface area contributed by atoms with Crippen LogP contribution >= 0.6 is 0 Å². The first-order valence-electron chi connectivity index (χ1n) is 6.06. The van der Waals surface area contributed by atoms with Gasteiger partial charge in [0, 0.05) is 0 Å². The second kappa shape index (κ2) is 9.09. The molecule has 1 aromatic carbocycles. The van der Waals surface area contributed by atoms with Gasteiger partial charge in [-0.25, -0.2) is 0 Å². The Balaban J connectivity index is 2.21. The molecule has 0 N–H and O–H groups in total. The molecule has 0 amide bonds. The summed E-state index contributed by atoms with van der Waals surface area (Å²) < 4.78 is 11.9. The fourth-order valence-corrected chi connectivity index (χ4v) is 1.65. The molecule has 0 aliphatic heterocycles. The summed E-state index contributed by atoms with van der Waals surface area (Å²) >= 11 is 2.93. The van der Waals surface area contributed by atoms with Gasteiger partial charge in [-0.1, -0.05) is 0 Å². The van der Waals surface area contributed by atoms with Crippen molar-refractivity contribution in [3.8, 4) is 11.8 Å². The molecule has 0 saturated heterocycles. The van der Waals surface area contributed by atoms with Crippen LogP contribution < -0.4 is 0 Å². The molecule has 3 heteroatoms. The van der Waals surface area contributed by atoms with Crippen molar-refractivity contribution in [2.24, 2.45) is 0 Å². The molecule has 0 aliphatic rings. The quantitative estimate of drug-likeness (QED) is 0.590. The van der Waals surface area contributed by atoms with Gasteiger partial charge in [0.2, 0.25) is 0 Å². The molecule has 0 spiro atoms. The average Bonchev–Trinajstić information content (AvgIpc) is 2.42. The normalized spacial score (nSPS) is 11.4. The van der Waals surface area contributed by atoms with Crippen molar-refractivity contribution >= 4 is 4.57 Å². The van der Waals surface area contributed by atoms with Crippen LogP contribution in [0.15, 0.2) is 30.3 Å². The summed E-state index contributed by atoms with van der Waals surface area (Å²) in [6, 6.07) is 9.95. The van der Waals surface area contributed by atoms with Gasteiger partial charge in [-0.2, -0.15) is 0 Å². The molecule has 0 radical (unpaired) electrons. The van der Waals surface area contributed by atoms with E-state index in [1.165, 1.54) is 0 Å². The van der Waals surface area contributed by atoms with Crippen molar-refractivity contribution in [3.05, 3.63) is 35.9 Å². The van der Waals surface area contributed by atoms with Crippen molar-refractivity contribution in [2.75, 3.05) is 13.2 Å². The molecule has 0 bridgehead atoms. The third-order valence-corrected chi connectivity index (χ3v) is 2.73. The van der Waals surface area contributed by atoms with E-state index in [-0.39, 0.29) is 6.10 Å². The number of benzene rings is 1. The zero-order valence-corrected chi connectivity index (χ0v) is 12.1. The van der Waals surface area contributed by atoms with E-state index in [9.17, 15) is 0 Å². The van der Waals surface area contributed by atoms with E-state index in [2.05, 4.69) is 27.7 Å². The van der Waals surface area contributed by atoms with E-state index in [4.69, 9.17) is 9.47 Å². The van der Waals surface area contributed by atoms with E-state index in [0.717, 1.165) is 16.6 Å². The number of rotatable bonds is 6. The van der Waals surface area contributed by atoms with Gasteiger partial charge in [-0.15, -0.1) is 0 Å². The van der Waals surface area contributed by atoms with E-state index >= 15 is 0 Å². The third kappa shape index (κ3) is 6.15. The summed E-state index contributed by atoms with van der Waals surface area (Å²) in [7, 11) is 0. The Morgan fingerprint density at radius 1 is 1.28 bits per heavy atom. The first-order chi connectivity index (χ1) is 8.74. The van der Waals surface area contributed by atoms with Gasteiger partial charge < -0.3 is 0 Å². The molecule has 0 aromatic heterocycles. The van der Waals surface area contributed by atoms with E-state index in [1.807, 2.05) is 44.2 Å². The Hall–Kier alpha value is -0.898. The molecule has 1 atom stereocenters. The zero-order chi connectivity index (χ0) is 13.2. The van der Waals surface area contributed by atoms with Crippen LogP contribution in [0.3, 0.4) is 0 Å². The molecule has 1 unspecified atom stereocenters. The topological polar surface area (TPSA) is 18.5 Å². The van der Waals surface area contributed by atoms with Crippen molar-refractivity contribution in [3.63, 3.8) is 0 Å². The van der Waals surface area contributed by atoms with Crippen LogP contribution in [0.2, 0.25) is 0 Å². The van der Waals surface area contributed by atoms with Crippen LogP contribution in [0.4, 0.5) is 0 Å². The Morgan fingerprint density at radius 2 is 2.00 bits per heavy atom. The van der Waals surface area contributed by atoms with Crippen molar-refractivity contribution in [1.82, 2.24) is 0 Å². The Labute approximate surface area is 117 Å². The fraction of sp³-hybridized carbons (Fsp3) is 0.400. The molecule has 2 nitrogen and oxygen atoms in total. The molecule has 0 saturated carbocycles. The first kappa shape index (κ1) is 15.2. The van der Waals surface area contributed by atoms with Crippen LogP contribution in [-0.4, -0.2) is 23.9 Å². The maximum atomic E-state index is 5.57. The second-order valence-electron chi connectivity index (χ2n) is 3.69. The number of hydrogen-bond acceptors (Lipinski definition) is 2. The molecule has 96 valence electrons. The van der Waals surface area contributed by atoms with Crippen LogP contribution in [0.5, 0.6) is 0 Å². The van der Waals surface area contributed by atoms with Gasteiger partial charge in [0.05, 0.1) is 0 Å². The zero-order valence-electron chi connectivity index (χ0n) is 10.8. The van der Waals surface area contributed by atoms with Crippen LogP contribution in [-0.2, 0) is 25.3 Å². The minimum atomic E-state index is -0.0328. The molecule has 18 heavy (non-hydrogen) atoms. The average molecular weight is 282 g/mol. The summed E-state index contributed by atoms with van der Waals surface area (Å²) in [6.45, 7) is 5.03. The molecular weight excluding hydrogens is 264 g/mol. The fourth-order valence-electron chi connectivity index (χ4n) is 1.30. The predicted octanol–water partition coefficient (Wildman–Crippen LogP) is 2.55. The molecule has 0 heterocycles. The van der Waals surface area contributed by atoms with E-state index < -0.39 is 0 Å². The van der Waals surface area contributed by atoms with Gasteiger partial charge in [0.1, 0.15) is 0 Å². The third-order valence-electron chi connectivity index (χ3n) is 2.18. The van der Waals surface area contributed by atoms with Crippen LogP contribution in [0.1, 0.15) is 25.8 Å². The summed E-state index contributed by atoms with van der Waals surface area (Å²) in [5, 5.41) is 0. The maximum absolute atomic E-state index is 5.57. The molecule has 0 aliphatic carbocycles. The van der Waals surface area contributed by atoms with Crippen LogP contribution in [0.25, 0.3) is 0 Å². The molecule has 0 fully saturated rings. The van der Waals surface area contributed by atoms with E-state index in [1.54, 1.807) is 0 Å². The summed E-state index contributed by atoms with van der Waals surface area (Å²) in [5.41, 5.74) is 1.05. The summed E-state index contributed by atoms with van der Waals surface area (Å²) in [4.78, 5) is 0. The van der Waals surface area contributed by atoms with Gasteiger partial charge in [0.25, 0.3) is 0 Å². The monoisotopic (exact) mass is 282 g/mol. The molecule has 1 rings (SSSR count). The van der Waals surface area contributed by atoms with Gasteiger partial charge in [0.15, 0.2) is 0 Å². The minimum absolute atomic E-state index is 0.0328. The van der Waals surface area contributed by atoms with E-state index in [0.29, 0.717) is 13.2 Å². The summed E-state index contributed by atoms with van der Waals surface area (Å²) in [5.74, 6) is 6.01. The Bertz CT molecular complexity index is 417. The standard InChI is InChI=1S/C15H18O2.Cr/c1-3-4-8-14(2)17-12-11-16-13-15-9-6-5-7-10-15;/h5-7,9-10,14H,3,11-12H2,1-2H3;. The van der Waals surface area contributed by atoms with Crippen molar-refractivity contribution in [1.29, 1.82) is 0 Å². The van der Waals surface area contributed by atoms with Crippen LogP contribution in [0, 0.1) is 11.8 Å². The molecular formula is C15H18CrO2.